The van der Waals surface area contributed by atoms with Gasteiger partial charge in [-0.1, -0.05) is 46.3 Å². The monoisotopic (exact) mass is 391 g/mol. The van der Waals surface area contributed by atoms with Crippen molar-refractivity contribution in [3.8, 4) is 6.07 Å². The van der Waals surface area contributed by atoms with E-state index in [0.717, 1.165) is 10.0 Å². The smallest absolute Gasteiger partial charge is 0.183 e. The highest BCUT2D eigenvalue weighted by Crippen LogP contribution is 2.63. The van der Waals surface area contributed by atoms with Gasteiger partial charge in [-0.25, -0.2) is 8.42 Å². The van der Waals surface area contributed by atoms with Crippen molar-refractivity contribution >= 4 is 25.8 Å². The summed E-state index contributed by atoms with van der Waals surface area (Å²) in [6.45, 7) is -0.485. The van der Waals surface area contributed by atoms with Crippen LogP contribution in [0.1, 0.15) is 11.5 Å². The van der Waals surface area contributed by atoms with Crippen LogP contribution >= 0.6 is 15.9 Å². The van der Waals surface area contributed by atoms with Gasteiger partial charge in [-0.3, -0.25) is 0 Å². The van der Waals surface area contributed by atoms with E-state index in [1.54, 1.807) is 42.5 Å². The van der Waals surface area contributed by atoms with Crippen molar-refractivity contribution in [2.75, 3.05) is 6.61 Å². The summed E-state index contributed by atoms with van der Waals surface area (Å²) in [5.74, 6) is -0.532. The van der Waals surface area contributed by atoms with E-state index in [2.05, 4.69) is 22.0 Å². The molecule has 1 fully saturated rings. The summed E-state index contributed by atoms with van der Waals surface area (Å²) in [7, 11) is -3.70. The van der Waals surface area contributed by atoms with E-state index in [1.807, 2.05) is 0 Å². The van der Waals surface area contributed by atoms with Crippen molar-refractivity contribution in [3.63, 3.8) is 0 Å². The summed E-state index contributed by atoms with van der Waals surface area (Å²) >= 11 is 3.34. The molecule has 118 valence electrons. The fourth-order valence-corrected chi connectivity index (χ4v) is 5.72. The van der Waals surface area contributed by atoms with Gasteiger partial charge in [0.1, 0.15) is 5.41 Å². The molecule has 1 aliphatic rings. The van der Waals surface area contributed by atoms with Crippen molar-refractivity contribution in [3.05, 3.63) is 64.6 Å². The van der Waals surface area contributed by atoms with Crippen molar-refractivity contribution in [2.24, 2.45) is 5.41 Å². The summed E-state index contributed by atoms with van der Waals surface area (Å²) in [6, 6.07) is 17.3. The van der Waals surface area contributed by atoms with Gasteiger partial charge in [-0.05, 0) is 29.8 Å². The molecular weight excluding hydrogens is 378 g/mol. The van der Waals surface area contributed by atoms with Gasteiger partial charge >= 0.3 is 0 Å². The fraction of sp³-hybridized carbons (Fsp3) is 0.235. The Hall–Kier alpha value is -1.68. The number of nitrogens with zero attached hydrogens (tertiary/aromatic N) is 1. The molecule has 0 saturated heterocycles. The van der Waals surface area contributed by atoms with Gasteiger partial charge in [-0.15, -0.1) is 0 Å². The molecule has 3 rings (SSSR count). The van der Waals surface area contributed by atoms with E-state index in [4.69, 9.17) is 0 Å². The Balaban J connectivity index is 2.07. The highest BCUT2D eigenvalue weighted by molar-refractivity contribution is 9.10. The predicted octanol–water partition coefficient (Wildman–Crippen LogP) is 2.89. The van der Waals surface area contributed by atoms with Crippen LogP contribution in [0.2, 0.25) is 0 Å². The van der Waals surface area contributed by atoms with Crippen LogP contribution in [0, 0.1) is 16.7 Å². The quantitative estimate of drug-likeness (QED) is 0.868. The van der Waals surface area contributed by atoms with E-state index in [9.17, 15) is 18.8 Å². The van der Waals surface area contributed by atoms with Crippen LogP contribution in [0.25, 0.3) is 0 Å². The summed E-state index contributed by atoms with van der Waals surface area (Å²) in [4.78, 5) is 0.178. The van der Waals surface area contributed by atoms with E-state index < -0.39 is 33.0 Å². The maximum atomic E-state index is 12.9. The van der Waals surface area contributed by atoms with Crippen LogP contribution in [0.5, 0.6) is 0 Å². The van der Waals surface area contributed by atoms with Gasteiger partial charge in [0, 0.05) is 10.4 Å². The van der Waals surface area contributed by atoms with Crippen molar-refractivity contribution in [1.82, 2.24) is 0 Å². The number of nitriles is 1. The second-order valence-electron chi connectivity index (χ2n) is 5.62. The third kappa shape index (κ3) is 2.49. The highest BCUT2D eigenvalue weighted by Gasteiger charge is 2.72. The summed E-state index contributed by atoms with van der Waals surface area (Å²) in [6.07, 6.45) is 0. The average molecular weight is 392 g/mol. The molecule has 2 aromatic rings. The Morgan fingerprint density at radius 3 is 2.26 bits per heavy atom. The lowest BCUT2D eigenvalue weighted by molar-refractivity contribution is 0.242. The first-order valence-electron chi connectivity index (χ1n) is 7.04. The van der Waals surface area contributed by atoms with Crippen LogP contribution in [0.15, 0.2) is 64.0 Å². The molecule has 0 amide bonds. The van der Waals surface area contributed by atoms with Crippen LogP contribution in [-0.4, -0.2) is 25.4 Å². The van der Waals surface area contributed by atoms with E-state index >= 15 is 0 Å². The lowest BCUT2D eigenvalue weighted by Gasteiger charge is -2.05. The van der Waals surface area contributed by atoms with Gasteiger partial charge in [0.25, 0.3) is 0 Å². The Kier molecular flexibility index (Phi) is 4.05. The fourth-order valence-electron chi connectivity index (χ4n) is 3.12. The molecule has 3 atom stereocenters. The Morgan fingerprint density at radius 2 is 1.74 bits per heavy atom. The van der Waals surface area contributed by atoms with Gasteiger partial charge in [0.05, 0.1) is 22.8 Å². The van der Waals surface area contributed by atoms with Crippen molar-refractivity contribution in [2.45, 2.75) is 16.1 Å². The number of aliphatic hydroxyl groups is 1. The number of hydrogen-bond acceptors (Lipinski definition) is 4. The molecule has 0 heterocycles. The minimum Gasteiger partial charge on any atom is -0.395 e. The molecule has 2 aromatic carbocycles. The Bertz CT molecular complexity index is 859. The molecular formula is C17H14BrNO3S. The molecule has 1 saturated carbocycles. The largest absolute Gasteiger partial charge is 0.395 e. The van der Waals surface area contributed by atoms with Crippen LogP contribution < -0.4 is 0 Å². The summed E-state index contributed by atoms with van der Waals surface area (Å²) in [5, 5.41) is 18.3. The zero-order valence-electron chi connectivity index (χ0n) is 12.1. The Labute approximate surface area is 143 Å². The normalized spacial score (nSPS) is 26.5. The third-order valence-electron chi connectivity index (χ3n) is 4.36. The van der Waals surface area contributed by atoms with Crippen molar-refractivity contribution < 1.29 is 13.5 Å². The molecule has 0 radical (unpaired) electrons. The molecule has 0 unspecified atom stereocenters. The number of rotatable bonds is 4. The van der Waals surface area contributed by atoms with Gasteiger partial charge in [-0.2, -0.15) is 5.26 Å². The number of hydrogen-bond donors (Lipinski definition) is 1. The average Bonchev–Trinajstić information content (AvgIpc) is 3.27. The first-order valence-corrected chi connectivity index (χ1v) is 9.38. The first-order chi connectivity index (χ1) is 11.0. The van der Waals surface area contributed by atoms with Crippen molar-refractivity contribution in [1.29, 1.82) is 5.26 Å². The number of aliphatic hydroxyl groups excluding tert-OH is 1. The maximum absolute atomic E-state index is 12.9. The molecule has 0 aliphatic heterocycles. The van der Waals surface area contributed by atoms with Gasteiger partial charge in [0.2, 0.25) is 0 Å². The lowest BCUT2D eigenvalue weighted by Crippen LogP contribution is -2.18. The molecule has 0 spiro atoms. The number of halogens is 1. The lowest BCUT2D eigenvalue weighted by atomic mass is 10.0. The van der Waals surface area contributed by atoms with Gasteiger partial charge in [0.15, 0.2) is 9.84 Å². The number of benzene rings is 2. The number of sulfone groups is 1. The zero-order chi connectivity index (χ0) is 16.7. The van der Waals surface area contributed by atoms with E-state index in [0.29, 0.717) is 0 Å². The van der Waals surface area contributed by atoms with Crippen LogP contribution in [-0.2, 0) is 9.84 Å². The SMILES string of the molecule is N#C[C@]1(CO)[C@H](c2ccc(Br)cc2)[C@H]1S(=O)(=O)c1ccccc1. The minimum atomic E-state index is -3.70. The maximum Gasteiger partial charge on any atom is 0.183 e. The minimum absolute atomic E-state index is 0.178. The molecule has 4 nitrogen and oxygen atoms in total. The van der Waals surface area contributed by atoms with Crippen LogP contribution in [0.4, 0.5) is 0 Å². The molecule has 0 aromatic heterocycles. The summed E-state index contributed by atoms with van der Waals surface area (Å²) < 4.78 is 26.7. The highest BCUT2D eigenvalue weighted by atomic mass is 79.9. The second-order valence-corrected chi connectivity index (χ2v) is 8.60. The van der Waals surface area contributed by atoms with E-state index in [1.165, 1.54) is 12.1 Å². The third-order valence-corrected chi connectivity index (χ3v) is 7.18. The molecule has 23 heavy (non-hydrogen) atoms. The molecule has 1 N–H and O–H groups in total. The Morgan fingerprint density at radius 1 is 1.13 bits per heavy atom. The van der Waals surface area contributed by atoms with Crippen LogP contribution in [0.3, 0.4) is 0 Å². The van der Waals surface area contributed by atoms with E-state index in [-0.39, 0.29) is 4.90 Å². The molecule has 0 bridgehead atoms. The van der Waals surface area contributed by atoms with Gasteiger partial charge < -0.3 is 5.11 Å². The second kappa shape index (κ2) is 5.75. The first kappa shape index (κ1) is 16.2. The molecule has 6 heteroatoms. The zero-order valence-corrected chi connectivity index (χ0v) is 14.5. The summed E-state index contributed by atoms with van der Waals surface area (Å²) in [5.41, 5.74) is -0.545. The standard InChI is InChI=1S/C17H14BrNO3S/c18-13-8-6-12(7-9-13)15-16(17(15,10-19)11-20)23(21,22)14-4-2-1-3-5-14/h1-9,15-16,20H,11H2/t15-,16-,17+/m1/s1. The predicted molar refractivity (Wildman–Crippen MR) is 89.4 cm³/mol. The molecule has 1 aliphatic carbocycles. The topological polar surface area (TPSA) is 78.2 Å².